The van der Waals surface area contributed by atoms with Gasteiger partial charge < -0.3 is 19.9 Å². The number of pyridine rings is 1. The fraction of sp³-hybridized carbons (Fsp3) is 0.227. The Bertz CT molecular complexity index is 1150. The van der Waals surface area contributed by atoms with Crippen molar-refractivity contribution < 1.29 is 14.3 Å². The lowest BCUT2D eigenvalue weighted by atomic mass is 10.1. The van der Waals surface area contributed by atoms with Gasteiger partial charge in [-0.3, -0.25) is 14.4 Å². The maximum atomic E-state index is 13.1. The third kappa shape index (κ3) is 4.13. The molecule has 1 aromatic heterocycles. The van der Waals surface area contributed by atoms with E-state index in [1.165, 1.54) is 14.0 Å². The van der Waals surface area contributed by atoms with E-state index in [-0.39, 0.29) is 23.4 Å². The lowest BCUT2D eigenvalue weighted by Gasteiger charge is -2.16. The number of amides is 2. The van der Waals surface area contributed by atoms with Gasteiger partial charge in [0.25, 0.3) is 11.5 Å². The molecule has 0 bridgehead atoms. The summed E-state index contributed by atoms with van der Waals surface area (Å²) >= 11 is 0. The summed E-state index contributed by atoms with van der Waals surface area (Å²) < 4.78 is 6.87. The van der Waals surface area contributed by atoms with Gasteiger partial charge >= 0.3 is 0 Å². The minimum atomic E-state index is -0.381. The van der Waals surface area contributed by atoms with Gasteiger partial charge in [-0.1, -0.05) is 18.2 Å². The molecule has 3 rings (SSSR count). The van der Waals surface area contributed by atoms with Crippen molar-refractivity contribution in [2.24, 2.45) is 0 Å². The molecule has 0 fully saturated rings. The molecule has 2 amide bonds. The number of nitrogens with zero attached hydrogens (tertiary/aromatic N) is 1. The number of nitrogens with one attached hydrogen (secondary N) is 2. The van der Waals surface area contributed by atoms with Gasteiger partial charge in [-0.15, -0.1) is 0 Å². The number of anilines is 2. The Hall–Kier alpha value is -3.61. The molecular formula is C22H23N3O4. The Morgan fingerprint density at radius 2 is 1.72 bits per heavy atom. The molecule has 3 aromatic rings. The quantitative estimate of drug-likeness (QED) is 0.690. The first-order chi connectivity index (χ1) is 13.8. The van der Waals surface area contributed by atoms with Crippen molar-refractivity contribution in [3.63, 3.8) is 0 Å². The summed E-state index contributed by atoms with van der Waals surface area (Å²) in [7, 11) is 1.50. The number of carbonyl (C=O) groups is 2. The van der Waals surface area contributed by atoms with Crippen LogP contribution in [0, 0.1) is 0 Å². The fourth-order valence-corrected chi connectivity index (χ4v) is 3.15. The number of hydrogen-bond donors (Lipinski definition) is 2. The zero-order valence-electron chi connectivity index (χ0n) is 16.8. The summed E-state index contributed by atoms with van der Waals surface area (Å²) in [6.45, 7) is 5.18. The predicted octanol–water partition coefficient (Wildman–Crippen LogP) is 3.80. The van der Waals surface area contributed by atoms with Crippen LogP contribution in [-0.4, -0.2) is 23.5 Å². The highest BCUT2D eigenvalue weighted by atomic mass is 16.5. The van der Waals surface area contributed by atoms with Crippen LogP contribution in [0.3, 0.4) is 0 Å². The van der Waals surface area contributed by atoms with E-state index < -0.39 is 0 Å². The van der Waals surface area contributed by atoms with Crippen molar-refractivity contribution in [3.05, 3.63) is 64.6 Å². The largest absolute Gasteiger partial charge is 0.495 e. The molecule has 0 spiro atoms. The van der Waals surface area contributed by atoms with Crippen molar-refractivity contribution in [1.29, 1.82) is 0 Å². The van der Waals surface area contributed by atoms with Crippen LogP contribution in [0.15, 0.2) is 53.5 Å². The van der Waals surface area contributed by atoms with E-state index in [9.17, 15) is 14.4 Å². The molecule has 2 aromatic carbocycles. The minimum Gasteiger partial charge on any atom is -0.495 e. The van der Waals surface area contributed by atoms with Crippen LogP contribution >= 0.6 is 0 Å². The standard InChI is InChI=1S/C22H23N3O4/c1-13(2)25-12-18(16-7-5-6-8-17(16)22(25)28)21(27)24-19-11-15(23-14(3)26)9-10-20(19)29-4/h5-13H,1-4H3,(H,23,26)(H,24,27). The molecule has 0 aliphatic heterocycles. The zero-order valence-corrected chi connectivity index (χ0v) is 16.8. The normalized spacial score (nSPS) is 10.8. The highest BCUT2D eigenvalue weighted by Crippen LogP contribution is 2.29. The number of ether oxygens (including phenoxy) is 1. The van der Waals surface area contributed by atoms with Crippen molar-refractivity contribution in [2.75, 3.05) is 17.7 Å². The number of methoxy groups -OCH3 is 1. The molecule has 0 saturated carbocycles. The summed E-state index contributed by atoms with van der Waals surface area (Å²) in [6, 6.07) is 11.9. The molecule has 0 aliphatic carbocycles. The smallest absolute Gasteiger partial charge is 0.258 e. The Morgan fingerprint density at radius 3 is 2.34 bits per heavy atom. The van der Waals surface area contributed by atoms with Gasteiger partial charge in [0, 0.05) is 35.6 Å². The Labute approximate surface area is 168 Å². The van der Waals surface area contributed by atoms with Gasteiger partial charge in [0.05, 0.1) is 18.4 Å². The monoisotopic (exact) mass is 393 g/mol. The van der Waals surface area contributed by atoms with Crippen molar-refractivity contribution >= 4 is 34.0 Å². The Morgan fingerprint density at radius 1 is 1.03 bits per heavy atom. The average molecular weight is 393 g/mol. The summed E-state index contributed by atoms with van der Waals surface area (Å²) in [5, 5.41) is 6.57. The van der Waals surface area contributed by atoms with Gasteiger partial charge in [0.2, 0.25) is 5.91 Å². The van der Waals surface area contributed by atoms with Crippen molar-refractivity contribution in [2.45, 2.75) is 26.8 Å². The lowest BCUT2D eigenvalue weighted by molar-refractivity contribution is -0.114. The topological polar surface area (TPSA) is 89.4 Å². The average Bonchev–Trinajstić information content (AvgIpc) is 2.68. The minimum absolute atomic E-state index is 0.101. The van der Waals surface area contributed by atoms with Crippen LogP contribution in [0.1, 0.15) is 37.2 Å². The van der Waals surface area contributed by atoms with E-state index in [0.29, 0.717) is 33.5 Å². The molecule has 150 valence electrons. The highest BCUT2D eigenvalue weighted by Gasteiger charge is 2.17. The SMILES string of the molecule is COc1ccc(NC(C)=O)cc1NC(=O)c1cn(C(C)C)c(=O)c2ccccc12. The van der Waals surface area contributed by atoms with E-state index in [4.69, 9.17) is 4.74 Å². The van der Waals surface area contributed by atoms with Gasteiger partial charge in [0.1, 0.15) is 5.75 Å². The van der Waals surface area contributed by atoms with E-state index in [1.54, 1.807) is 53.2 Å². The van der Waals surface area contributed by atoms with Crippen LogP contribution in [0.25, 0.3) is 10.8 Å². The van der Waals surface area contributed by atoms with Gasteiger partial charge in [0.15, 0.2) is 0 Å². The maximum absolute atomic E-state index is 13.1. The first kappa shape index (κ1) is 20.1. The van der Waals surface area contributed by atoms with Gasteiger partial charge in [-0.2, -0.15) is 0 Å². The van der Waals surface area contributed by atoms with Crippen molar-refractivity contribution in [3.8, 4) is 5.75 Å². The van der Waals surface area contributed by atoms with Gasteiger partial charge in [-0.25, -0.2) is 0 Å². The second kappa shape index (κ2) is 8.18. The highest BCUT2D eigenvalue weighted by molar-refractivity contribution is 6.13. The van der Waals surface area contributed by atoms with E-state index in [1.807, 2.05) is 13.8 Å². The van der Waals surface area contributed by atoms with Crippen LogP contribution in [0.2, 0.25) is 0 Å². The second-order valence-corrected chi connectivity index (χ2v) is 6.94. The number of carbonyl (C=O) groups excluding carboxylic acids is 2. The molecule has 2 N–H and O–H groups in total. The molecule has 7 heteroatoms. The summed E-state index contributed by atoms with van der Waals surface area (Å²) in [6.07, 6.45) is 1.58. The zero-order chi connectivity index (χ0) is 21.1. The van der Waals surface area contributed by atoms with Gasteiger partial charge in [-0.05, 0) is 38.1 Å². The predicted molar refractivity (Wildman–Crippen MR) is 114 cm³/mol. The Kier molecular flexibility index (Phi) is 5.68. The molecule has 0 radical (unpaired) electrons. The molecule has 7 nitrogen and oxygen atoms in total. The number of fused-ring (bicyclic) bond motifs is 1. The number of hydrogen-bond acceptors (Lipinski definition) is 4. The number of benzene rings is 2. The van der Waals surface area contributed by atoms with Crippen LogP contribution in [0.4, 0.5) is 11.4 Å². The molecule has 0 aliphatic rings. The maximum Gasteiger partial charge on any atom is 0.258 e. The first-order valence-corrected chi connectivity index (χ1v) is 9.22. The molecular weight excluding hydrogens is 370 g/mol. The molecule has 29 heavy (non-hydrogen) atoms. The summed E-state index contributed by atoms with van der Waals surface area (Å²) in [5.74, 6) is -0.148. The first-order valence-electron chi connectivity index (χ1n) is 9.22. The third-order valence-electron chi connectivity index (χ3n) is 4.52. The molecule has 0 atom stereocenters. The van der Waals surface area contributed by atoms with E-state index in [2.05, 4.69) is 10.6 Å². The fourth-order valence-electron chi connectivity index (χ4n) is 3.15. The van der Waals surface area contributed by atoms with E-state index >= 15 is 0 Å². The van der Waals surface area contributed by atoms with E-state index in [0.717, 1.165) is 0 Å². The summed E-state index contributed by atoms with van der Waals surface area (Å²) in [4.78, 5) is 37.2. The third-order valence-corrected chi connectivity index (χ3v) is 4.52. The molecule has 0 unspecified atom stereocenters. The lowest BCUT2D eigenvalue weighted by Crippen LogP contribution is -2.25. The number of aromatic nitrogens is 1. The molecule has 1 heterocycles. The van der Waals surface area contributed by atoms with Crippen LogP contribution in [-0.2, 0) is 4.79 Å². The van der Waals surface area contributed by atoms with Crippen LogP contribution in [0.5, 0.6) is 5.75 Å². The number of rotatable bonds is 5. The molecule has 0 saturated heterocycles. The second-order valence-electron chi connectivity index (χ2n) is 6.94. The summed E-state index contributed by atoms with van der Waals surface area (Å²) in [5.41, 5.74) is 1.18. The Balaban J connectivity index is 2.08. The van der Waals surface area contributed by atoms with Crippen molar-refractivity contribution in [1.82, 2.24) is 4.57 Å². The van der Waals surface area contributed by atoms with Crippen LogP contribution < -0.4 is 20.9 Å².